The van der Waals surface area contributed by atoms with E-state index in [0.717, 1.165) is 11.0 Å². The molecule has 0 atom stereocenters. The van der Waals surface area contributed by atoms with E-state index in [1.807, 2.05) is 13.8 Å². The monoisotopic (exact) mass is 304 g/mol. The van der Waals surface area contributed by atoms with Crippen LogP contribution in [0.25, 0.3) is 11.0 Å². The van der Waals surface area contributed by atoms with Crippen LogP contribution in [0.4, 0.5) is 0 Å². The lowest BCUT2D eigenvalue weighted by Crippen LogP contribution is -2.33. The van der Waals surface area contributed by atoms with Gasteiger partial charge in [-0.3, -0.25) is 4.79 Å². The summed E-state index contributed by atoms with van der Waals surface area (Å²) in [6.45, 7) is 5.42. The number of imidazole rings is 1. The second-order valence-electron chi connectivity index (χ2n) is 4.63. The van der Waals surface area contributed by atoms with Crippen LogP contribution in [-0.2, 0) is 17.2 Å². The lowest BCUT2D eigenvalue weighted by Gasteiger charge is -2.19. The molecule has 0 N–H and O–H groups in total. The Kier molecular flexibility index (Phi) is 4.81. The highest BCUT2D eigenvalue weighted by molar-refractivity contribution is 6.16. The van der Waals surface area contributed by atoms with Crippen LogP contribution >= 0.6 is 11.6 Å². The van der Waals surface area contributed by atoms with Crippen LogP contribution in [0, 0.1) is 11.3 Å². The van der Waals surface area contributed by atoms with Gasteiger partial charge in [-0.1, -0.05) is 0 Å². The minimum absolute atomic E-state index is 0.0213. The van der Waals surface area contributed by atoms with Crippen molar-refractivity contribution in [3.05, 3.63) is 29.6 Å². The van der Waals surface area contributed by atoms with Gasteiger partial charge in [-0.05, 0) is 32.0 Å². The molecule has 6 heteroatoms. The van der Waals surface area contributed by atoms with Gasteiger partial charge in [-0.15, -0.1) is 11.6 Å². The van der Waals surface area contributed by atoms with E-state index >= 15 is 0 Å². The van der Waals surface area contributed by atoms with Crippen LogP contribution in [0.5, 0.6) is 0 Å². The predicted octanol–water partition coefficient (Wildman–Crippen LogP) is 2.52. The van der Waals surface area contributed by atoms with Gasteiger partial charge in [0, 0.05) is 13.1 Å². The molecule has 5 nitrogen and oxygen atoms in total. The minimum Gasteiger partial charge on any atom is -0.342 e. The number of amides is 1. The number of carbonyl (C=O) groups is 1. The van der Waals surface area contributed by atoms with E-state index < -0.39 is 0 Å². The van der Waals surface area contributed by atoms with Gasteiger partial charge >= 0.3 is 0 Å². The lowest BCUT2D eigenvalue weighted by atomic mass is 10.2. The number of alkyl halides is 1. The number of hydrogen-bond donors (Lipinski definition) is 0. The molecule has 0 aliphatic carbocycles. The van der Waals surface area contributed by atoms with Crippen LogP contribution in [0.1, 0.15) is 25.2 Å². The van der Waals surface area contributed by atoms with Crippen LogP contribution in [0.3, 0.4) is 0 Å². The average Bonchev–Trinajstić information content (AvgIpc) is 2.85. The van der Waals surface area contributed by atoms with Gasteiger partial charge in [0.05, 0.1) is 28.5 Å². The van der Waals surface area contributed by atoms with Crippen molar-refractivity contribution in [1.82, 2.24) is 14.5 Å². The van der Waals surface area contributed by atoms with Gasteiger partial charge in [0.15, 0.2) is 0 Å². The molecule has 110 valence electrons. The Morgan fingerprint density at radius 3 is 2.71 bits per heavy atom. The first-order valence-corrected chi connectivity index (χ1v) is 7.41. The van der Waals surface area contributed by atoms with Crippen molar-refractivity contribution in [2.75, 3.05) is 13.1 Å². The third kappa shape index (κ3) is 3.01. The van der Waals surface area contributed by atoms with E-state index in [4.69, 9.17) is 16.9 Å². The fraction of sp³-hybridized carbons (Fsp3) is 0.400. The predicted molar refractivity (Wildman–Crippen MR) is 81.9 cm³/mol. The third-order valence-electron chi connectivity index (χ3n) is 3.49. The highest BCUT2D eigenvalue weighted by Gasteiger charge is 2.16. The summed E-state index contributed by atoms with van der Waals surface area (Å²) < 4.78 is 1.80. The zero-order valence-electron chi connectivity index (χ0n) is 12.1. The van der Waals surface area contributed by atoms with Crippen molar-refractivity contribution in [3.63, 3.8) is 0 Å². The largest absolute Gasteiger partial charge is 0.342 e. The SMILES string of the molecule is CCN(CC)C(=O)Cn1c(CCl)nc2ccc(C#N)cc21. The summed E-state index contributed by atoms with van der Waals surface area (Å²) in [4.78, 5) is 18.5. The standard InChI is InChI=1S/C15H17ClN4O/c1-3-19(4-2)15(21)10-20-13-7-11(9-17)5-6-12(13)18-14(20)8-16/h5-7H,3-4,8,10H2,1-2H3. The van der Waals surface area contributed by atoms with Crippen LogP contribution < -0.4 is 0 Å². The number of rotatable bonds is 5. The molecule has 1 amide bonds. The molecule has 1 aromatic heterocycles. The van der Waals surface area contributed by atoms with Gasteiger partial charge in [-0.25, -0.2) is 4.98 Å². The van der Waals surface area contributed by atoms with E-state index in [-0.39, 0.29) is 18.3 Å². The van der Waals surface area contributed by atoms with E-state index in [2.05, 4.69) is 11.1 Å². The molecule has 0 bridgehead atoms. The highest BCUT2D eigenvalue weighted by Crippen LogP contribution is 2.19. The summed E-state index contributed by atoms with van der Waals surface area (Å²) in [7, 11) is 0. The first-order chi connectivity index (χ1) is 10.1. The molecule has 0 fully saturated rings. The quantitative estimate of drug-likeness (QED) is 0.797. The van der Waals surface area contributed by atoms with Gasteiger partial charge in [0.25, 0.3) is 0 Å². The smallest absolute Gasteiger partial charge is 0.242 e. The first-order valence-electron chi connectivity index (χ1n) is 6.87. The van der Waals surface area contributed by atoms with Crippen LogP contribution in [0.2, 0.25) is 0 Å². The van der Waals surface area contributed by atoms with E-state index in [0.29, 0.717) is 24.5 Å². The fourth-order valence-corrected chi connectivity index (χ4v) is 2.54. The Bertz CT molecular complexity index is 697. The number of fused-ring (bicyclic) bond motifs is 1. The number of hydrogen-bond acceptors (Lipinski definition) is 3. The van der Waals surface area contributed by atoms with E-state index in [1.165, 1.54) is 0 Å². The molecule has 1 heterocycles. The number of aromatic nitrogens is 2. The maximum atomic E-state index is 12.3. The molecule has 0 saturated heterocycles. The fourth-order valence-electron chi connectivity index (χ4n) is 2.33. The molecule has 0 spiro atoms. The van der Waals surface area contributed by atoms with Crippen molar-refractivity contribution in [3.8, 4) is 6.07 Å². The number of nitriles is 1. The second-order valence-corrected chi connectivity index (χ2v) is 4.90. The molecular formula is C15H17ClN4O. The number of carbonyl (C=O) groups excluding carboxylic acids is 1. The minimum atomic E-state index is 0.0213. The summed E-state index contributed by atoms with van der Waals surface area (Å²) in [6, 6.07) is 7.34. The van der Waals surface area contributed by atoms with Gasteiger partial charge < -0.3 is 9.47 Å². The van der Waals surface area contributed by atoms with Crippen molar-refractivity contribution in [2.24, 2.45) is 0 Å². The van der Waals surface area contributed by atoms with E-state index in [1.54, 1.807) is 27.7 Å². The van der Waals surface area contributed by atoms with Crippen molar-refractivity contribution >= 4 is 28.5 Å². The molecule has 0 radical (unpaired) electrons. The van der Waals surface area contributed by atoms with Gasteiger partial charge in [0.1, 0.15) is 12.4 Å². The summed E-state index contributed by atoms with van der Waals surface area (Å²) in [5, 5.41) is 9.02. The van der Waals surface area contributed by atoms with Crippen LogP contribution in [-0.4, -0.2) is 33.4 Å². The summed E-state index contributed by atoms with van der Waals surface area (Å²) >= 11 is 5.93. The molecular weight excluding hydrogens is 288 g/mol. The Morgan fingerprint density at radius 2 is 2.14 bits per heavy atom. The van der Waals surface area contributed by atoms with Gasteiger partial charge in [0.2, 0.25) is 5.91 Å². The maximum absolute atomic E-state index is 12.3. The van der Waals surface area contributed by atoms with Gasteiger partial charge in [-0.2, -0.15) is 5.26 Å². The normalized spacial score (nSPS) is 10.6. The van der Waals surface area contributed by atoms with Crippen molar-refractivity contribution < 1.29 is 4.79 Å². The molecule has 2 aromatic rings. The second kappa shape index (κ2) is 6.59. The molecule has 0 aliphatic rings. The Labute approximate surface area is 128 Å². The zero-order valence-corrected chi connectivity index (χ0v) is 12.9. The Balaban J connectivity index is 2.46. The Morgan fingerprint density at radius 1 is 1.43 bits per heavy atom. The molecule has 0 aliphatic heterocycles. The highest BCUT2D eigenvalue weighted by atomic mass is 35.5. The number of nitrogens with zero attached hydrogens (tertiary/aromatic N) is 4. The third-order valence-corrected chi connectivity index (χ3v) is 3.72. The van der Waals surface area contributed by atoms with E-state index in [9.17, 15) is 4.79 Å². The molecule has 21 heavy (non-hydrogen) atoms. The lowest BCUT2D eigenvalue weighted by molar-refractivity contribution is -0.131. The summed E-state index contributed by atoms with van der Waals surface area (Å²) in [5.41, 5.74) is 2.06. The Hall–Kier alpha value is -2.06. The van der Waals surface area contributed by atoms with Crippen molar-refractivity contribution in [1.29, 1.82) is 5.26 Å². The van der Waals surface area contributed by atoms with Crippen LogP contribution in [0.15, 0.2) is 18.2 Å². The molecule has 0 unspecified atom stereocenters. The first kappa shape index (κ1) is 15.3. The molecule has 1 aromatic carbocycles. The number of likely N-dealkylation sites (N-methyl/N-ethyl adjacent to an activating group) is 1. The molecule has 0 saturated carbocycles. The number of benzene rings is 1. The van der Waals surface area contributed by atoms with Crippen molar-refractivity contribution in [2.45, 2.75) is 26.3 Å². The molecule has 2 rings (SSSR count). The number of halogens is 1. The topological polar surface area (TPSA) is 61.9 Å². The summed E-state index contributed by atoms with van der Waals surface area (Å²) in [6.07, 6.45) is 0. The average molecular weight is 305 g/mol. The summed E-state index contributed by atoms with van der Waals surface area (Å²) in [5.74, 6) is 0.887. The maximum Gasteiger partial charge on any atom is 0.242 e. The zero-order chi connectivity index (χ0) is 15.4.